The molecule has 4 rings (SSSR count). The average Bonchev–Trinajstić information content (AvgIpc) is 3.21. The molecule has 0 aromatic carbocycles. The van der Waals surface area contributed by atoms with E-state index in [2.05, 4.69) is 32.1 Å². The summed E-state index contributed by atoms with van der Waals surface area (Å²) < 4.78 is 4.88. The molecule has 35 heavy (non-hydrogen) atoms. The number of esters is 1. The molecule has 2 fully saturated rings. The van der Waals surface area contributed by atoms with Crippen LogP contribution in [0.4, 0.5) is 0 Å². The van der Waals surface area contributed by atoms with Crippen LogP contribution in [0.25, 0.3) is 0 Å². The highest BCUT2D eigenvalue weighted by atomic mass is 32.2. The van der Waals surface area contributed by atoms with Gasteiger partial charge in [0.2, 0.25) is 11.8 Å². The van der Waals surface area contributed by atoms with E-state index in [1.54, 1.807) is 16.7 Å². The van der Waals surface area contributed by atoms with Gasteiger partial charge >= 0.3 is 5.97 Å². The third-order valence-corrected chi connectivity index (χ3v) is 9.67. The first-order valence-electron chi connectivity index (χ1n) is 13.4. The Bertz CT molecular complexity index is 861. The highest BCUT2D eigenvalue weighted by molar-refractivity contribution is 8.02. The number of allylic oxidation sites excluding steroid dienone is 1. The fraction of sp³-hybridized carbons (Fsp3) is 0.741. The maximum Gasteiger partial charge on any atom is 0.311 e. The second kappa shape index (κ2) is 11.5. The maximum absolute atomic E-state index is 14.2. The fourth-order valence-corrected chi connectivity index (χ4v) is 8.22. The Morgan fingerprint density at radius 1 is 1.17 bits per heavy atom. The minimum absolute atomic E-state index is 0.0116. The summed E-state index contributed by atoms with van der Waals surface area (Å²) >= 11 is 1.61. The Kier molecular flexibility index (Phi) is 8.63. The van der Waals surface area contributed by atoms with E-state index >= 15 is 0 Å². The first-order valence-corrected chi connectivity index (χ1v) is 14.2. The predicted octanol–water partition coefficient (Wildman–Crippen LogP) is 3.32. The van der Waals surface area contributed by atoms with Crippen LogP contribution >= 0.6 is 11.8 Å². The van der Waals surface area contributed by atoms with E-state index in [0.29, 0.717) is 26.1 Å². The van der Waals surface area contributed by atoms with Gasteiger partial charge in [-0.1, -0.05) is 37.6 Å². The van der Waals surface area contributed by atoms with Crippen molar-refractivity contribution in [3.05, 3.63) is 24.3 Å². The van der Waals surface area contributed by atoms with Crippen molar-refractivity contribution in [2.75, 3.05) is 26.3 Å². The van der Waals surface area contributed by atoms with Gasteiger partial charge in [-0.15, -0.1) is 11.8 Å². The zero-order valence-corrected chi connectivity index (χ0v) is 21.9. The number of thioether (sulfide) groups is 1. The highest BCUT2D eigenvalue weighted by Gasteiger charge is 2.70. The second-order valence-electron chi connectivity index (χ2n) is 10.3. The second-order valence-corrected chi connectivity index (χ2v) is 11.8. The molecule has 8 heteroatoms. The summed E-state index contributed by atoms with van der Waals surface area (Å²) in [5.74, 6) is -1.64. The Labute approximate surface area is 213 Å². The van der Waals surface area contributed by atoms with E-state index in [1.807, 2.05) is 11.0 Å². The van der Waals surface area contributed by atoms with E-state index < -0.39 is 22.6 Å². The van der Waals surface area contributed by atoms with Crippen molar-refractivity contribution in [1.82, 2.24) is 9.80 Å². The van der Waals surface area contributed by atoms with Crippen LogP contribution in [0.1, 0.15) is 65.2 Å². The molecule has 2 amide bonds. The van der Waals surface area contributed by atoms with Gasteiger partial charge in [0.1, 0.15) is 6.04 Å². The zero-order valence-electron chi connectivity index (χ0n) is 21.1. The zero-order chi connectivity index (χ0) is 25.0. The first kappa shape index (κ1) is 26.3. The van der Waals surface area contributed by atoms with Crippen LogP contribution in [0.2, 0.25) is 0 Å². The number of hydrogen-bond acceptors (Lipinski definition) is 6. The van der Waals surface area contributed by atoms with E-state index in [9.17, 15) is 19.5 Å². The number of ether oxygens (including phenoxy) is 1. The number of aliphatic hydroxyl groups excluding tert-OH is 1. The van der Waals surface area contributed by atoms with Crippen LogP contribution in [-0.2, 0) is 19.1 Å². The molecule has 0 aromatic rings. The molecule has 2 saturated heterocycles. The van der Waals surface area contributed by atoms with Crippen LogP contribution in [0.3, 0.4) is 0 Å². The number of amides is 2. The van der Waals surface area contributed by atoms with Crippen LogP contribution in [-0.4, -0.2) is 81.1 Å². The Balaban J connectivity index is 1.74. The molecular weight excluding hydrogens is 464 g/mol. The molecule has 2 unspecified atom stereocenters. The fourth-order valence-electron chi connectivity index (χ4n) is 6.21. The lowest BCUT2D eigenvalue weighted by Crippen LogP contribution is -2.55. The van der Waals surface area contributed by atoms with Crippen molar-refractivity contribution in [3.8, 4) is 0 Å². The summed E-state index contributed by atoms with van der Waals surface area (Å²) in [7, 11) is 0. The van der Waals surface area contributed by atoms with Gasteiger partial charge < -0.3 is 19.6 Å². The van der Waals surface area contributed by atoms with Crippen LogP contribution in [0.5, 0.6) is 0 Å². The number of unbranched alkanes of at least 4 members (excludes halogenated alkanes) is 2. The highest BCUT2D eigenvalue weighted by Crippen LogP contribution is 2.60. The molecule has 4 aliphatic heterocycles. The number of nitrogens with zero attached hydrogens (tertiary/aromatic N) is 2. The monoisotopic (exact) mass is 504 g/mol. The van der Waals surface area contributed by atoms with Gasteiger partial charge in [0, 0.05) is 31.0 Å². The minimum atomic E-state index is -0.779. The Morgan fingerprint density at radius 2 is 2.00 bits per heavy atom. The quantitative estimate of drug-likeness (QED) is 0.310. The standard InChI is InChI=1S/C27H40N2O5S/c1-3-12-19(2)28-16-11-14-27-22(21-20(35-27)13-7-4-5-10-18-34-26(21)33)24(31)29(23(27)25(28)32)15-8-6-9-17-30/h7,11,13-14,19-23,30H,3-6,8-10,12,15-18H2,1-2H3/b13-7-/t19?,20-,21+,22-,23?,27-/m0/s1. The Morgan fingerprint density at radius 3 is 2.77 bits per heavy atom. The molecule has 4 heterocycles. The predicted molar refractivity (Wildman–Crippen MR) is 137 cm³/mol. The van der Waals surface area contributed by atoms with E-state index in [1.165, 1.54) is 0 Å². The molecule has 0 aromatic heterocycles. The van der Waals surface area contributed by atoms with Crippen molar-refractivity contribution >= 4 is 29.5 Å². The van der Waals surface area contributed by atoms with Gasteiger partial charge in [0.25, 0.3) is 0 Å². The molecule has 0 bridgehead atoms. The van der Waals surface area contributed by atoms with Crippen molar-refractivity contribution in [2.24, 2.45) is 11.8 Å². The summed E-state index contributed by atoms with van der Waals surface area (Å²) in [5, 5.41) is 9.00. The van der Waals surface area contributed by atoms with Crippen LogP contribution < -0.4 is 0 Å². The normalized spacial score (nSPS) is 34.7. The smallest absolute Gasteiger partial charge is 0.311 e. The van der Waals surface area contributed by atoms with E-state index in [0.717, 1.165) is 44.9 Å². The summed E-state index contributed by atoms with van der Waals surface area (Å²) in [5.41, 5.74) is 0. The minimum Gasteiger partial charge on any atom is -0.465 e. The molecule has 1 spiro atoms. The van der Waals surface area contributed by atoms with Crippen molar-refractivity contribution in [2.45, 2.75) is 87.3 Å². The molecule has 0 aliphatic carbocycles. The first-order chi connectivity index (χ1) is 17.0. The maximum atomic E-state index is 14.2. The molecule has 0 radical (unpaired) electrons. The third kappa shape index (κ3) is 4.93. The van der Waals surface area contributed by atoms with Crippen molar-refractivity contribution < 1.29 is 24.2 Å². The molecule has 6 atom stereocenters. The number of aliphatic hydroxyl groups is 1. The van der Waals surface area contributed by atoms with Gasteiger partial charge in [-0.3, -0.25) is 14.4 Å². The third-order valence-electron chi connectivity index (χ3n) is 7.93. The topological polar surface area (TPSA) is 87.2 Å². The van der Waals surface area contributed by atoms with E-state index in [4.69, 9.17) is 4.74 Å². The number of rotatable bonds is 8. The number of likely N-dealkylation sites (tertiary alicyclic amines) is 1. The Hall–Kier alpha value is -1.80. The van der Waals surface area contributed by atoms with Gasteiger partial charge in [-0.25, -0.2) is 0 Å². The van der Waals surface area contributed by atoms with E-state index in [-0.39, 0.29) is 35.7 Å². The van der Waals surface area contributed by atoms with Crippen LogP contribution in [0.15, 0.2) is 24.3 Å². The molecular formula is C27H40N2O5S. The lowest BCUT2D eigenvalue weighted by molar-refractivity contribution is -0.153. The van der Waals surface area contributed by atoms with Crippen molar-refractivity contribution in [3.63, 3.8) is 0 Å². The summed E-state index contributed by atoms with van der Waals surface area (Å²) in [6.07, 6.45) is 15.1. The molecule has 194 valence electrons. The molecule has 0 saturated carbocycles. The number of fused-ring (bicyclic) bond motifs is 2. The van der Waals surface area contributed by atoms with Gasteiger partial charge in [0.15, 0.2) is 0 Å². The summed E-state index contributed by atoms with van der Waals surface area (Å²) in [6, 6.07) is -0.550. The lowest BCUT2D eigenvalue weighted by atomic mass is 9.78. The molecule has 4 aliphatic rings. The number of cyclic esters (lactones) is 1. The number of hydrogen-bond donors (Lipinski definition) is 1. The van der Waals surface area contributed by atoms with Crippen molar-refractivity contribution in [1.29, 1.82) is 0 Å². The summed E-state index contributed by atoms with van der Waals surface area (Å²) in [6.45, 7) is 5.67. The largest absolute Gasteiger partial charge is 0.465 e. The van der Waals surface area contributed by atoms with Gasteiger partial charge in [-0.05, 0) is 51.9 Å². The number of carbonyl (C=O) groups excluding carboxylic acids is 3. The van der Waals surface area contributed by atoms with Gasteiger partial charge in [-0.2, -0.15) is 0 Å². The SMILES string of the molecule is CCCC(C)N1CC=C[C@]23S[C@H]4/C=C\CCCCOC(=O)[C@H]4[C@H]2C(=O)N(CCCCCO)C3C1=O. The van der Waals surface area contributed by atoms with Gasteiger partial charge in [0.05, 0.1) is 23.2 Å². The van der Waals surface area contributed by atoms with Crippen LogP contribution in [0, 0.1) is 11.8 Å². The molecule has 7 nitrogen and oxygen atoms in total. The number of carbonyl (C=O) groups is 3. The summed E-state index contributed by atoms with van der Waals surface area (Å²) in [4.78, 5) is 45.2. The molecule has 1 N–H and O–H groups in total. The lowest BCUT2D eigenvalue weighted by Gasteiger charge is -2.37. The average molecular weight is 505 g/mol.